The van der Waals surface area contributed by atoms with Crippen molar-refractivity contribution in [3.8, 4) is 0 Å². The maximum absolute atomic E-state index is 13.0. The fourth-order valence-corrected chi connectivity index (χ4v) is 3.49. The van der Waals surface area contributed by atoms with Gasteiger partial charge in [0.1, 0.15) is 0 Å². The van der Waals surface area contributed by atoms with Crippen LogP contribution in [0.5, 0.6) is 0 Å². The van der Waals surface area contributed by atoms with Crippen LogP contribution in [0.15, 0.2) is 71.5 Å². The van der Waals surface area contributed by atoms with E-state index in [1.807, 2.05) is 24.3 Å². The van der Waals surface area contributed by atoms with E-state index in [2.05, 4.69) is 5.10 Å². The second-order valence-corrected chi connectivity index (χ2v) is 7.70. The average molecular weight is 444 g/mol. The topological polar surface area (TPSA) is 52.0 Å². The summed E-state index contributed by atoms with van der Waals surface area (Å²) < 4.78 is 0.882. The molecule has 0 bridgehead atoms. The molecule has 0 amide bonds. The molecule has 0 aliphatic carbocycles. The Morgan fingerprint density at radius 1 is 0.862 bits per heavy atom. The first-order valence-electron chi connectivity index (χ1n) is 8.69. The molecule has 0 N–H and O–H groups in total. The fourth-order valence-electron chi connectivity index (χ4n) is 3.07. The van der Waals surface area contributed by atoms with Gasteiger partial charge in [-0.25, -0.2) is 0 Å². The lowest BCUT2D eigenvalue weighted by Gasteiger charge is -2.11. The van der Waals surface area contributed by atoms with E-state index < -0.39 is 11.5 Å². The van der Waals surface area contributed by atoms with Crippen molar-refractivity contribution in [3.05, 3.63) is 109 Å². The maximum Gasteiger partial charge on any atom is 0.282 e. The van der Waals surface area contributed by atoms with Crippen molar-refractivity contribution in [2.75, 3.05) is 0 Å². The molecule has 0 atom stereocenters. The van der Waals surface area contributed by atoms with Gasteiger partial charge in [-0.3, -0.25) is 9.59 Å². The zero-order valence-electron chi connectivity index (χ0n) is 14.9. The molecule has 0 fully saturated rings. The van der Waals surface area contributed by atoms with Crippen molar-refractivity contribution in [3.63, 3.8) is 0 Å². The second kappa shape index (κ2) is 7.99. The molecule has 3 aromatic carbocycles. The summed E-state index contributed by atoms with van der Waals surface area (Å²) in [5.41, 5.74) is 1.30. The lowest BCUT2D eigenvalue weighted by atomic mass is 10.0. The summed E-state index contributed by atoms with van der Waals surface area (Å²) in [4.78, 5) is 26.0. The van der Waals surface area contributed by atoms with Crippen LogP contribution < -0.4 is 5.56 Å². The highest BCUT2D eigenvalue weighted by Gasteiger charge is 2.18. The zero-order valence-corrected chi connectivity index (χ0v) is 17.2. The lowest BCUT2D eigenvalue weighted by molar-refractivity contribution is 0.0939. The first-order chi connectivity index (χ1) is 13.9. The standard InChI is InChI=1S/C22H13Cl3N2O2/c23-15-8-5-13(6-9-15)11-20-16-3-1-2-4-17(16)22(29)27(26-20)21(28)14-7-10-18(24)19(25)12-14/h1-10,12H,11H2. The largest absolute Gasteiger partial charge is 0.282 e. The molecular formula is C22H13Cl3N2O2. The van der Waals surface area contributed by atoms with Crippen LogP contribution in [0.4, 0.5) is 0 Å². The third-order valence-corrected chi connectivity index (χ3v) is 5.52. The van der Waals surface area contributed by atoms with Crippen molar-refractivity contribution in [2.45, 2.75) is 6.42 Å². The number of hydrogen-bond donors (Lipinski definition) is 0. The van der Waals surface area contributed by atoms with Gasteiger partial charge in [-0.05, 0) is 42.0 Å². The number of hydrogen-bond acceptors (Lipinski definition) is 3. The van der Waals surface area contributed by atoms with E-state index in [4.69, 9.17) is 34.8 Å². The Morgan fingerprint density at radius 2 is 1.55 bits per heavy atom. The van der Waals surface area contributed by atoms with Crippen LogP contribution in [0.3, 0.4) is 0 Å². The Bertz CT molecular complexity index is 1300. The Morgan fingerprint density at radius 3 is 2.24 bits per heavy atom. The highest BCUT2D eigenvalue weighted by atomic mass is 35.5. The van der Waals surface area contributed by atoms with Crippen LogP contribution in [0, 0.1) is 0 Å². The summed E-state index contributed by atoms with van der Waals surface area (Å²) in [6.45, 7) is 0. The van der Waals surface area contributed by atoms with E-state index in [1.165, 1.54) is 18.2 Å². The molecular weight excluding hydrogens is 431 g/mol. The van der Waals surface area contributed by atoms with Gasteiger partial charge in [-0.15, -0.1) is 0 Å². The molecule has 4 aromatic rings. The molecule has 4 nitrogen and oxygen atoms in total. The highest BCUT2D eigenvalue weighted by molar-refractivity contribution is 6.42. The molecule has 0 spiro atoms. The summed E-state index contributed by atoms with van der Waals surface area (Å²) >= 11 is 17.9. The molecule has 1 heterocycles. The van der Waals surface area contributed by atoms with Gasteiger partial charge >= 0.3 is 0 Å². The molecule has 0 saturated heterocycles. The Labute approximate surface area is 181 Å². The number of nitrogens with zero attached hydrogens (tertiary/aromatic N) is 2. The molecule has 0 radical (unpaired) electrons. The summed E-state index contributed by atoms with van der Waals surface area (Å²) in [6.07, 6.45) is 0.437. The normalized spacial score (nSPS) is 11.0. The summed E-state index contributed by atoms with van der Waals surface area (Å²) in [7, 11) is 0. The number of carbonyl (C=O) groups excluding carboxylic acids is 1. The zero-order chi connectivity index (χ0) is 20.5. The van der Waals surface area contributed by atoms with Crippen LogP contribution in [0.25, 0.3) is 10.8 Å². The number of benzene rings is 3. The summed E-state index contributed by atoms with van der Waals surface area (Å²) in [6, 6.07) is 18.9. The molecule has 144 valence electrons. The maximum atomic E-state index is 13.0. The number of carbonyl (C=O) groups is 1. The SMILES string of the molecule is O=C(c1ccc(Cl)c(Cl)c1)n1nc(Cc2ccc(Cl)cc2)c2ccccc2c1=O. The second-order valence-electron chi connectivity index (χ2n) is 6.45. The summed E-state index contributed by atoms with van der Waals surface area (Å²) in [5.74, 6) is -0.573. The third-order valence-electron chi connectivity index (χ3n) is 4.53. The van der Waals surface area contributed by atoms with Gasteiger partial charge in [0.25, 0.3) is 11.5 Å². The predicted octanol–water partition coefficient (Wildman–Crippen LogP) is 5.64. The first-order valence-corrected chi connectivity index (χ1v) is 9.82. The first kappa shape index (κ1) is 19.6. The lowest BCUT2D eigenvalue weighted by Crippen LogP contribution is -2.31. The number of rotatable bonds is 3. The van der Waals surface area contributed by atoms with Gasteiger partial charge in [-0.1, -0.05) is 65.1 Å². The molecule has 1 aromatic heterocycles. The van der Waals surface area contributed by atoms with E-state index in [0.29, 0.717) is 32.9 Å². The predicted molar refractivity (Wildman–Crippen MR) is 116 cm³/mol. The van der Waals surface area contributed by atoms with E-state index in [9.17, 15) is 9.59 Å². The smallest absolute Gasteiger partial charge is 0.267 e. The Balaban J connectivity index is 1.87. The number of fused-ring (bicyclic) bond motifs is 1. The van der Waals surface area contributed by atoms with Crippen LogP contribution in [-0.4, -0.2) is 15.7 Å². The van der Waals surface area contributed by atoms with E-state index >= 15 is 0 Å². The molecule has 29 heavy (non-hydrogen) atoms. The van der Waals surface area contributed by atoms with Gasteiger partial charge < -0.3 is 0 Å². The van der Waals surface area contributed by atoms with Crippen LogP contribution in [-0.2, 0) is 6.42 Å². The molecule has 0 unspecified atom stereocenters. The molecule has 0 aliphatic rings. The van der Waals surface area contributed by atoms with Gasteiger partial charge in [0, 0.05) is 22.4 Å². The number of aromatic nitrogens is 2. The van der Waals surface area contributed by atoms with Crippen molar-refractivity contribution >= 4 is 51.5 Å². The summed E-state index contributed by atoms with van der Waals surface area (Å²) in [5, 5.41) is 6.69. The monoisotopic (exact) mass is 442 g/mol. The van der Waals surface area contributed by atoms with Crippen molar-refractivity contribution in [2.24, 2.45) is 0 Å². The van der Waals surface area contributed by atoms with Gasteiger partial charge in [0.15, 0.2) is 0 Å². The number of halogens is 3. The van der Waals surface area contributed by atoms with E-state index in [1.54, 1.807) is 24.3 Å². The Hall–Kier alpha value is -2.66. The van der Waals surface area contributed by atoms with Crippen molar-refractivity contribution in [1.82, 2.24) is 9.78 Å². The fraction of sp³-hybridized carbons (Fsp3) is 0.0455. The molecule has 7 heteroatoms. The van der Waals surface area contributed by atoms with E-state index in [0.717, 1.165) is 10.2 Å². The van der Waals surface area contributed by atoms with Crippen molar-refractivity contribution in [1.29, 1.82) is 0 Å². The van der Waals surface area contributed by atoms with Crippen LogP contribution in [0.1, 0.15) is 21.6 Å². The molecule has 0 aliphatic heterocycles. The van der Waals surface area contributed by atoms with Crippen molar-refractivity contribution < 1.29 is 4.79 Å². The minimum Gasteiger partial charge on any atom is -0.267 e. The van der Waals surface area contributed by atoms with Gasteiger partial charge in [0.05, 0.1) is 21.1 Å². The van der Waals surface area contributed by atoms with Gasteiger partial charge in [0.2, 0.25) is 0 Å². The van der Waals surface area contributed by atoms with E-state index in [-0.39, 0.29) is 10.6 Å². The molecule has 4 rings (SSSR count). The van der Waals surface area contributed by atoms with Gasteiger partial charge in [-0.2, -0.15) is 9.78 Å². The Kier molecular flexibility index (Phi) is 5.41. The van der Waals surface area contributed by atoms with Crippen LogP contribution in [0.2, 0.25) is 15.1 Å². The minimum atomic E-state index is -0.573. The quantitative estimate of drug-likeness (QED) is 0.412. The molecule has 0 saturated carbocycles. The van der Waals surface area contributed by atoms with Crippen LogP contribution >= 0.6 is 34.8 Å². The average Bonchev–Trinajstić information content (AvgIpc) is 2.73. The highest BCUT2D eigenvalue weighted by Crippen LogP contribution is 2.23. The minimum absolute atomic E-state index is 0.224. The third kappa shape index (κ3) is 3.92.